The Morgan fingerprint density at radius 3 is 0.881 bits per heavy atom. The molecule has 0 saturated heterocycles. The zero-order chi connectivity index (χ0) is 29.3. The van der Waals surface area contributed by atoms with Crippen molar-refractivity contribution in [2.75, 3.05) is 9.80 Å². The molecule has 0 fully saturated rings. The summed E-state index contributed by atoms with van der Waals surface area (Å²) in [5.41, 5.74) is 7.82. The number of hydrogen-bond acceptors (Lipinski definition) is 2. The summed E-state index contributed by atoms with van der Waals surface area (Å²) >= 11 is 7.11. The van der Waals surface area contributed by atoms with Crippen LogP contribution in [0.5, 0.6) is 0 Å². The lowest BCUT2D eigenvalue weighted by Crippen LogP contribution is -2.12. The van der Waals surface area contributed by atoms with E-state index in [1.807, 2.05) is 48.5 Å². The highest BCUT2D eigenvalue weighted by atomic mass is 79.9. The van der Waals surface area contributed by atoms with Gasteiger partial charge in [-0.15, -0.1) is 12.8 Å². The lowest BCUT2D eigenvalue weighted by atomic mass is 10.1. The summed E-state index contributed by atoms with van der Waals surface area (Å²) in [5.74, 6) is 16.1. The standard InChI is InChI=1S/C38H22Br2N2/c1-3-5-7-29-9-17-33(18-10-29)41(35-21-13-31(39)14-22-35)37-25-27-38(28-26-37)42(36-23-15-32(40)16-24-36)34-19-11-30(12-20-34)8-6-4-2/h1-2,9-28H. The average Bonchev–Trinajstić information content (AvgIpc) is 3.03. The maximum atomic E-state index is 5.30. The average molecular weight is 666 g/mol. The molecule has 0 aromatic heterocycles. The van der Waals surface area contributed by atoms with E-state index in [1.165, 1.54) is 0 Å². The number of nitrogens with zero attached hydrogens (tertiary/aromatic N) is 2. The molecule has 0 bridgehead atoms. The van der Waals surface area contributed by atoms with Gasteiger partial charge in [0.25, 0.3) is 0 Å². The maximum absolute atomic E-state index is 5.30. The number of rotatable bonds is 6. The molecule has 198 valence electrons. The lowest BCUT2D eigenvalue weighted by molar-refractivity contribution is 1.25. The van der Waals surface area contributed by atoms with Gasteiger partial charge in [-0.2, -0.15) is 0 Å². The third-order valence-corrected chi connectivity index (χ3v) is 7.40. The largest absolute Gasteiger partial charge is 0.311 e. The minimum atomic E-state index is 0.865. The van der Waals surface area contributed by atoms with Crippen molar-refractivity contribution in [1.82, 2.24) is 0 Å². The van der Waals surface area contributed by atoms with Gasteiger partial charge in [0.05, 0.1) is 0 Å². The normalized spacial score (nSPS) is 9.71. The van der Waals surface area contributed by atoms with Crippen molar-refractivity contribution in [3.05, 3.63) is 141 Å². The van der Waals surface area contributed by atoms with Crippen molar-refractivity contribution >= 4 is 66.0 Å². The first-order valence-electron chi connectivity index (χ1n) is 12.9. The molecule has 4 heteroatoms. The van der Waals surface area contributed by atoms with Gasteiger partial charge in [-0.3, -0.25) is 0 Å². The summed E-state index contributed by atoms with van der Waals surface area (Å²) < 4.78 is 2.03. The van der Waals surface area contributed by atoms with Crippen LogP contribution in [0.2, 0.25) is 0 Å². The molecule has 5 aromatic rings. The summed E-state index contributed by atoms with van der Waals surface area (Å²) in [6.45, 7) is 0. The Morgan fingerprint density at radius 2 is 0.619 bits per heavy atom. The molecule has 0 N–H and O–H groups in total. The summed E-state index contributed by atoms with van der Waals surface area (Å²) in [6.07, 6.45) is 10.6. The predicted octanol–water partition coefficient (Wildman–Crippen LogP) is 10.1. The monoisotopic (exact) mass is 664 g/mol. The van der Waals surface area contributed by atoms with Gasteiger partial charge < -0.3 is 9.80 Å². The summed E-state index contributed by atoms with van der Waals surface area (Å²) in [6, 6.07) is 41.1. The fourth-order valence-corrected chi connectivity index (χ4v) is 4.96. The van der Waals surface area contributed by atoms with Gasteiger partial charge in [-0.05, 0) is 145 Å². The van der Waals surface area contributed by atoms with E-state index in [0.717, 1.165) is 54.2 Å². The smallest absolute Gasteiger partial charge is 0.0463 e. The number of benzene rings is 5. The third-order valence-electron chi connectivity index (χ3n) is 6.34. The van der Waals surface area contributed by atoms with Gasteiger partial charge in [0, 0.05) is 54.2 Å². The highest BCUT2D eigenvalue weighted by Crippen LogP contribution is 2.39. The second-order valence-corrected chi connectivity index (χ2v) is 10.9. The van der Waals surface area contributed by atoms with Gasteiger partial charge in [0.1, 0.15) is 0 Å². The third kappa shape index (κ3) is 6.78. The van der Waals surface area contributed by atoms with Crippen LogP contribution in [0.3, 0.4) is 0 Å². The van der Waals surface area contributed by atoms with Crippen LogP contribution in [0, 0.1) is 48.4 Å². The van der Waals surface area contributed by atoms with Crippen molar-refractivity contribution in [3.8, 4) is 48.4 Å². The quantitative estimate of drug-likeness (QED) is 0.167. The van der Waals surface area contributed by atoms with Crippen LogP contribution in [0.15, 0.2) is 130 Å². The molecule has 5 aromatic carbocycles. The van der Waals surface area contributed by atoms with E-state index in [1.54, 1.807) is 0 Å². The van der Waals surface area contributed by atoms with Crippen LogP contribution in [0.25, 0.3) is 0 Å². The minimum absolute atomic E-state index is 0.865. The fraction of sp³-hybridized carbons (Fsp3) is 0. The summed E-state index contributed by atoms with van der Waals surface area (Å²) in [7, 11) is 0. The number of terminal acetylenes is 2. The van der Waals surface area contributed by atoms with Crippen LogP contribution in [-0.4, -0.2) is 0 Å². The van der Waals surface area contributed by atoms with Gasteiger partial charge in [-0.1, -0.05) is 43.7 Å². The molecule has 0 heterocycles. The Labute approximate surface area is 264 Å². The molecule has 5 rings (SSSR count). The molecule has 0 amide bonds. The van der Waals surface area contributed by atoms with E-state index in [2.05, 4.69) is 150 Å². The molecule has 2 nitrogen and oxygen atoms in total. The zero-order valence-corrected chi connectivity index (χ0v) is 25.5. The topological polar surface area (TPSA) is 6.48 Å². The Kier molecular flexibility index (Phi) is 9.14. The van der Waals surface area contributed by atoms with E-state index in [4.69, 9.17) is 12.8 Å². The first-order valence-corrected chi connectivity index (χ1v) is 14.5. The van der Waals surface area contributed by atoms with Crippen molar-refractivity contribution in [2.24, 2.45) is 0 Å². The Hall–Kier alpha value is -5.10. The van der Waals surface area contributed by atoms with E-state index >= 15 is 0 Å². The van der Waals surface area contributed by atoms with Crippen LogP contribution < -0.4 is 9.80 Å². The molecule has 0 unspecified atom stereocenters. The first kappa shape index (κ1) is 28.4. The molecule has 0 aliphatic rings. The zero-order valence-electron chi connectivity index (χ0n) is 22.4. The molecule has 0 radical (unpaired) electrons. The molecule has 0 atom stereocenters. The maximum Gasteiger partial charge on any atom is 0.0463 e. The number of halogens is 2. The van der Waals surface area contributed by atoms with Gasteiger partial charge >= 0.3 is 0 Å². The van der Waals surface area contributed by atoms with E-state index in [9.17, 15) is 0 Å². The van der Waals surface area contributed by atoms with Crippen LogP contribution in [0.1, 0.15) is 11.1 Å². The molecule has 0 saturated carbocycles. The molecule has 0 aliphatic heterocycles. The highest BCUT2D eigenvalue weighted by Gasteiger charge is 2.16. The van der Waals surface area contributed by atoms with Gasteiger partial charge in [0.15, 0.2) is 0 Å². The van der Waals surface area contributed by atoms with Gasteiger partial charge in [-0.25, -0.2) is 0 Å². The van der Waals surface area contributed by atoms with E-state index in [-0.39, 0.29) is 0 Å². The summed E-state index contributed by atoms with van der Waals surface area (Å²) in [5, 5.41) is 0. The molecular formula is C38H22Br2N2. The van der Waals surface area contributed by atoms with Crippen molar-refractivity contribution in [3.63, 3.8) is 0 Å². The number of anilines is 6. The lowest BCUT2D eigenvalue weighted by Gasteiger charge is -2.28. The Balaban J connectivity index is 1.56. The van der Waals surface area contributed by atoms with Crippen molar-refractivity contribution < 1.29 is 0 Å². The van der Waals surface area contributed by atoms with E-state index in [0.29, 0.717) is 0 Å². The molecule has 0 aliphatic carbocycles. The molecular weight excluding hydrogens is 644 g/mol. The van der Waals surface area contributed by atoms with Crippen LogP contribution >= 0.6 is 31.9 Å². The number of hydrogen-bond donors (Lipinski definition) is 0. The molecule has 42 heavy (non-hydrogen) atoms. The van der Waals surface area contributed by atoms with Crippen LogP contribution in [-0.2, 0) is 0 Å². The second-order valence-electron chi connectivity index (χ2n) is 9.02. The Bertz CT molecular complexity index is 1740. The van der Waals surface area contributed by atoms with Crippen molar-refractivity contribution in [2.45, 2.75) is 0 Å². The predicted molar refractivity (Wildman–Crippen MR) is 183 cm³/mol. The van der Waals surface area contributed by atoms with E-state index < -0.39 is 0 Å². The van der Waals surface area contributed by atoms with Crippen molar-refractivity contribution in [1.29, 1.82) is 0 Å². The molecule has 0 spiro atoms. The SMILES string of the molecule is C#CC#Cc1ccc(N(c2ccc(Br)cc2)c2ccc(N(c3ccc(Br)cc3)c3ccc(C#CC#C)cc3)cc2)cc1. The summed E-state index contributed by atoms with van der Waals surface area (Å²) in [4.78, 5) is 4.41. The van der Waals surface area contributed by atoms with Crippen LogP contribution in [0.4, 0.5) is 34.1 Å². The highest BCUT2D eigenvalue weighted by molar-refractivity contribution is 9.10. The minimum Gasteiger partial charge on any atom is -0.311 e. The van der Waals surface area contributed by atoms with Gasteiger partial charge in [0.2, 0.25) is 0 Å². The first-order chi connectivity index (χ1) is 20.6. The second kappa shape index (κ2) is 13.5. The Morgan fingerprint density at radius 1 is 0.381 bits per heavy atom. The fourth-order valence-electron chi connectivity index (χ4n) is 4.43.